The highest BCUT2D eigenvalue weighted by Crippen LogP contribution is 2.25. The summed E-state index contributed by atoms with van der Waals surface area (Å²) >= 11 is 0. The van der Waals surface area contributed by atoms with Gasteiger partial charge >= 0.3 is 0 Å². The fourth-order valence-electron chi connectivity index (χ4n) is 3.57. The molecule has 0 atom stereocenters. The molecule has 0 radical (unpaired) electrons. The van der Waals surface area contributed by atoms with Crippen molar-refractivity contribution in [2.75, 3.05) is 6.54 Å². The minimum atomic E-state index is -0.0838. The number of nitrogens with zero attached hydrogens (tertiary/aromatic N) is 2. The van der Waals surface area contributed by atoms with Gasteiger partial charge in [0.05, 0.1) is 0 Å². The third-order valence-electron chi connectivity index (χ3n) is 5.52. The van der Waals surface area contributed by atoms with Crippen molar-refractivity contribution in [3.8, 4) is 11.3 Å². The molecule has 7 heteroatoms. The lowest BCUT2D eigenvalue weighted by Crippen LogP contribution is -2.27. The predicted octanol–water partition coefficient (Wildman–Crippen LogP) is 4.38. The van der Waals surface area contributed by atoms with Crippen molar-refractivity contribution in [3.05, 3.63) is 70.7 Å². The van der Waals surface area contributed by atoms with Crippen molar-refractivity contribution < 1.29 is 9.59 Å². The summed E-state index contributed by atoms with van der Waals surface area (Å²) in [5.41, 5.74) is 6.21. The Labute approximate surface area is 186 Å². The van der Waals surface area contributed by atoms with Crippen LogP contribution >= 0.6 is 0 Å². The fourth-order valence-corrected chi connectivity index (χ4v) is 3.57. The lowest BCUT2D eigenvalue weighted by atomic mass is 10.0. The molecule has 164 valence electrons. The Morgan fingerprint density at radius 1 is 1.12 bits per heavy atom. The first-order valence-corrected chi connectivity index (χ1v) is 10.7. The molecule has 0 aliphatic carbocycles. The lowest BCUT2D eigenvalue weighted by Gasteiger charge is -2.08. The average molecular weight is 430 g/mol. The van der Waals surface area contributed by atoms with Gasteiger partial charge in [0.1, 0.15) is 11.3 Å². The van der Waals surface area contributed by atoms with E-state index in [0.29, 0.717) is 23.7 Å². The van der Waals surface area contributed by atoms with Crippen LogP contribution in [-0.4, -0.2) is 38.4 Å². The zero-order valence-electron chi connectivity index (χ0n) is 18.7. The van der Waals surface area contributed by atoms with E-state index in [1.54, 1.807) is 6.20 Å². The molecule has 0 spiro atoms. The van der Waals surface area contributed by atoms with E-state index in [9.17, 15) is 9.59 Å². The monoisotopic (exact) mass is 429 g/mol. The maximum absolute atomic E-state index is 12.7. The van der Waals surface area contributed by atoms with Gasteiger partial charge < -0.3 is 10.3 Å². The van der Waals surface area contributed by atoms with E-state index in [1.807, 2.05) is 50.2 Å². The highest BCUT2D eigenvalue weighted by atomic mass is 16.1. The first kappa shape index (κ1) is 21.5. The average Bonchev–Trinajstić information content (AvgIpc) is 3.35. The molecular formula is C25H27N5O2. The number of rotatable bonds is 7. The molecule has 0 aliphatic heterocycles. The first-order valence-electron chi connectivity index (χ1n) is 10.7. The van der Waals surface area contributed by atoms with Crippen LogP contribution in [0.15, 0.2) is 42.6 Å². The molecule has 3 N–H and O–H groups in total. The number of hydrogen-bond acceptors (Lipinski definition) is 4. The summed E-state index contributed by atoms with van der Waals surface area (Å²) < 4.78 is 0. The molecular weight excluding hydrogens is 402 g/mol. The second kappa shape index (κ2) is 8.78. The Morgan fingerprint density at radius 2 is 1.94 bits per heavy atom. The quantitative estimate of drug-likeness (QED) is 0.379. The SMILES string of the molecule is Cc1[nH]nc(C(=O)Cc2cnc3[nH]c(-c4cccc(C(=O)NCC(C)C)c4)cc3c2)c1C. The van der Waals surface area contributed by atoms with Gasteiger partial charge in [-0.3, -0.25) is 14.7 Å². The maximum atomic E-state index is 12.7. The van der Waals surface area contributed by atoms with Crippen LogP contribution in [0.25, 0.3) is 22.3 Å². The second-order valence-electron chi connectivity index (χ2n) is 8.57. The largest absolute Gasteiger partial charge is 0.352 e. The molecule has 1 aromatic carbocycles. The molecule has 0 aliphatic rings. The van der Waals surface area contributed by atoms with E-state index in [2.05, 4.69) is 39.3 Å². The van der Waals surface area contributed by atoms with Crippen LogP contribution in [0.2, 0.25) is 0 Å². The number of pyridine rings is 1. The van der Waals surface area contributed by atoms with Gasteiger partial charge in [-0.25, -0.2) is 4.98 Å². The summed E-state index contributed by atoms with van der Waals surface area (Å²) in [7, 11) is 0. The van der Waals surface area contributed by atoms with Gasteiger partial charge in [0.15, 0.2) is 5.78 Å². The van der Waals surface area contributed by atoms with E-state index < -0.39 is 0 Å². The third kappa shape index (κ3) is 4.46. The number of ketones is 1. The number of carbonyl (C=O) groups is 2. The summed E-state index contributed by atoms with van der Waals surface area (Å²) in [6, 6.07) is 11.5. The predicted molar refractivity (Wildman–Crippen MR) is 125 cm³/mol. The second-order valence-corrected chi connectivity index (χ2v) is 8.57. The van der Waals surface area contributed by atoms with Gasteiger partial charge in [0.2, 0.25) is 0 Å². The minimum absolute atomic E-state index is 0.0381. The van der Waals surface area contributed by atoms with E-state index in [-0.39, 0.29) is 18.1 Å². The number of aryl methyl sites for hydroxylation is 1. The zero-order valence-corrected chi connectivity index (χ0v) is 18.7. The van der Waals surface area contributed by atoms with Gasteiger partial charge in [-0.05, 0) is 55.2 Å². The molecule has 0 unspecified atom stereocenters. The molecule has 32 heavy (non-hydrogen) atoms. The molecule has 4 aromatic rings. The smallest absolute Gasteiger partial charge is 0.251 e. The molecule has 1 amide bonds. The molecule has 0 bridgehead atoms. The molecule has 0 saturated heterocycles. The normalized spacial score (nSPS) is 11.3. The van der Waals surface area contributed by atoms with Crippen molar-refractivity contribution in [2.45, 2.75) is 34.1 Å². The van der Waals surface area contributed by atoms with Crippen LogP contribution in [0.1, 0.15) is 51.5 Å². The van der Waals surface area contributed by atoms with E-state index >= 15 is 0 Å². The Kier molecular flexibility index (Phi) is 5.90. The van der Waals surface area contributed by atoms with E-state index in [0.717, 1.165) is 39.1 Å². The lowest BCUT2D eigenvalue weighted by molar-refractivity contribution is 0.0947. The highest BCUT2D eigenvalue weighted by Gasteiger charge is 2.16. The molecule has 4 rings (SSSR count). The zero-order chi connectivity index (χ0) is 22.8. The number of aromatic amines is 2. The number of carbonyl (C=O) groups excluding carboxylic acids is 2. The van der Waals surface area contributed by atoms with Crippen LogP contribution in [0.4, 0.5) is 0 Å². The topological polar surface area (TPSA) is 104 Å². The van der Waals surface area contributed by atoms with Gasteiger partial charge in [-0.1, -0.05) is 26.0 Å². The van der Waals surface area contributed by atoms with Crippen molar-refractivity contribution in [2.24, 2.45) is 5.92 Å². The van der Waals surface area contributed by atoms with E-state index in [1.165, 1.54) is 0 Å². The summed E-state index contributed by atoms with van der Waals surface area (Å²) in [6.45, 7) is 8.55. The van der Waals surface area contributed by atoms with Crippen molar-refractivity contribution in [1.29, 1.82) is 0 Å². The Bertz CT molecular complexity index is 1300. The fraction of sp³-hybridized carbons (Fsp3) is 0.280. The highest BCUT2D eigenvalue weighted by molar-refractivity contribution is 5.98. The Morgan fingerprint density at radius 3 is 2.66 bits per heavy atom. The summed E-state index contributed by atoms with van der Waals surface area (Å²) in [5.74, 6) is 0.271. The number of fused-ring (bicyclic) bond motifs is 1. The van der Waals surface area contributed by atoms with Gasteiger partial charge in [0.25, 0.3) is 5.91 Å². The van der Waals surface area contributed by atoms with Gasteiger partial charge in [0, 0.05) is 47.1 Å². The molecule has 0 fully saturated rings. The number of nitrogens with one attached hydrogen (secondary N) is 3. The number of amides is 1. The third-order valence-corrected chi connectivity index (χ3v) is 5.52. The summed E-state index contributed by atoms with van der Waals surface area (Å²) in [5, 5.41) is 10.8. The van der Waals surface area contributed by atoms with Crippen LogP contribution in [0.5, 0.6) is 0 Å². The standard InChI is InChI=1S/C25H27N5O2/c1-14(2)12-27-25(32)19-7-5-6-18(10-19)21-11-20-8-17(13-26-24(20)28-21)9-22(31)23-15(3)16(4)29-30-23/h5-8,10-11,13-14H,9,12H2,1-4H3,(H,26,28)(H,27,32)(H,29,30). The number of aromatic nitrogens is 4. The number of hydrogen-bond donors (Lipinski definition) is 3. The van der Waals surface area contributed by atoms with Crippen molar-refractivity contribution >= 4 is 22.7 Å². The Hall–Kier alpha value is -3.74. The Balaban J connectivity index is 1.56. The van der Waals surface area contributed by atoms with Crippen LogP contribution in [0.3, 0.4) is 0 Å². The van der Waals surface area contributed by atoms with Gasteiger partial charge in [-0.15, -0.1) is 0 Å². The van der Waals surface area contributed by atoms with Crippen LogP contribution in [-0.2, 0) is 6.42 Å². The van der Waals surface area contributed by atoms with Crippen LogP contribution < -0.4 is 5.32 Å². The molecule has 7 nitrogen and oxygen atoms in total. The van der Waals surface area contributed by atoms with E-state index in [4.69, 9.17) is 0 Å². The summed E-state index contributed by atoms with van der Waals surface area (Å²) in [6.07, 6.45) is 1.95. The van der Waals surface area contributed by atoms with Crippen molar-refractivity contribution in [3.63, 3.8) is 0 Å². The number of H-pyrrole nitrogens is 2. The molecule has 3 heterocycles. The van der Waals surface area contributed by atoms with Crippen molar-refractivity contribution in [1.82, 2.24) is 25.5 Å². The molecule has 0 saturated carbocycles. The van der Waals surface area contributed by atoms with Gasteiger partial charge in [-0.2, -0.15) is 5.10 Å². The number of benzene rings is 1. The van der Waals surface area contributed by atoms with Crippen LogP contribution in [0, 0.1) is 19.8 Å². The minimum Gasteiger partial charge on any atom is -0.352 e. The number of Topliss-reactive ketones (excluding diaryl/α,β-unsaturated/α-hetero) is 1. The first-order chi connectivity index (χ1) is 15.3. The summed E-state index contributed by atoms with van der Waals surface area (Å²) in [4.78, 5) is 32.9. The maximum Gasteiger partial charge on any atom is 0.251 e. The molecule has 3 aromatic heterocycles.